The summed E-state index contributed by atoms with van der Waals surface area (Å²) in [6.07, 6.45) is 35.3. The van der Waals surface area contributed by atoms with Crippen LogP contribution in [-0.2, 0) is 0 Å². The molecular formula is C27H56OS. The minimum atomic E-state index is 0.373. The molecule has 0 aliphatic carbocycles. The predicted octanol–water partition coefficient (Wildman–Crippen LogP) is 9.66. The molecule has 0 amide bonds. The van der Waals surface area contributed by atoms with Crippen molar-refractivity contribution in [2.45, 2.75) is 161 Å². The van der Waals surface area contributed by atoms with Gasteiger partial charge in [0.25, 0.3) is 0 Å². The fraction of sp³-hybridized carbons (Fsp3) is 1.00. The molecule has 0 aromatic carbocycles. The summed E-state index contributed by atoms with van der Waals surface area (Å²) < 4.78 is 0. The SMILES string of the molecule is OCCCCCCCCCCCCCCCCCCCCCCCCCCCS. The molecule has 176 valence electrons. The Morgan fingerprint density at radius 3 is 0.621 bits per heavy atom. The first kappa shape index (κ1) is 29.3. The number of hydrogen-bond donors (Lipinski definition) is 2. The largest absolute Gasteiger partial charge is 0.396 e. The van der Waals surface area contributed by atoms with Crippen LogP contribution in [-0.4, -0.2) is 17.5 Å². The Balaban J connectivity index is 2.97. The number of hydrogen-bond acceptors (Lipinski definition) is 2. The smallest absolute Gasteiger partial charge is 0.0431 e. The van der Waals surface area contributed by atoms with Crippen LogP contribution in [0, 0.1) is 0 Å². The van der Waals surface area contributed by atoms with Crippen molar-refractivity contribution in [2.24, 2.45) is 0 Å². The summed E-state index contributed by atoms with van der Waals surface area (Å²) in [7, 11) is 0. The van der Waals surface area contributed by atoms with Gasteiger partial charge in [-0.25, -0.2) is 0 Å². The van der Waals surface area contributed by atoms with Crippen molar-refractivity contribution >= 4 is 12.6 Å². The molecule has 29 heavy (non-hydrogen) atoms. The standard InChI is InChI=1S/C27H56OS/c28-26-24-22-20-18-16-14-12-10-8-6-4-2-1-3-5-7-9-11-13-15-17-19-21-23-25-27-29/h28-29H,1-27H2. The van der Waals surface area contributed by atoms with E-state index >= 15 is 0 Å². The van der Waals surface area contributed by atoms with Crippen molar-refractivity contribution in [3.05, 3.63) is 0 Å². The van der Waals surface area contributed by atoms with Crippen LogP contribution in [0.1, 0.15) is 161 Å². The van der Waals surface area contributed by atoms with Crippen LogP contribution in [0.5, 0.6) is 0 Å². The second-order valence-corrected chi connectivity index (χ2v) is 9.73. The van der Waals surface area contributed by atoms with Gasteiger partial charge in [0, 0.05) is 6.61 Å². The van der Waals surface area contributed by atoms with Gasteiger partial charge in [-0.2, -0.15) is 12.6 Å². The molecule has 0 aliphatic heterocycles. The van der Waals surface area contributed by atoms with E-state index in [0.717, 1.165) is 12.2 Å². The topological polar surface area (TPSA) is 20.2 Å². The Labute approximate surface area is 190 Å². The first-order valence-electron chi connectivity index (χ1n) is 13.6. The van der Waals surface area contributed by atoms with E-state index in [1.807, 2.05) is 0 Å². The highest BCUT2D eigenvalue weighted by molar-refractivity contribution is 7.80. The first-order chi connectivity index (χ1) is 14.4. The predicted molar refractivity (Wildman–Crippen MR) is 136 cm³/mol. The van der Waals surface area contributed by atoms with Gasteiger partial charge in [-0.15, -0.1) is 0 Å². The maximum Gasteiger partial charge on any atom is 0.0431 e. The summed E-state index contributed by atoms with van der Waals surface area (Å²) in [5.41, 5.74) is 0. The van der Waals surface area contributed by atoms with Crippen LogP contribution in [0.4, 0.5) is 0 Å². The summed E-state index contributed by atoms with van der Waals surface area (Å²) in [6, 6.07) is 0. The lowest BCUT2D eigenvalue weighted by Crippen LogP contribution is -1.85. The Bertz CT molecular complexity index is 243. The van der Waals surface area contributed by atoms with Crippen molar-refractivity contribution < 1.29 is 5.11 Å². The van der Waals surface area contributed by atoms with Gasteiger partial charge in [-0.1, -0.05) is 148 Å². The fourth-order valence-corrected chi connectivity index (χ4v) is 4.51. The average molecular weight is 429 g/mol. The van der Waals surface area contributed by atoms with E-state index in [1.165, 1.54) is 154 Å². The Morgan fingerprint density at radius 1 is 0.276 bits per heavy atom. The zero-order valence-corrected chi connectivity index (χ0v) is 20.9. The van der Waals surface area contributed by atoms with E-state index < -0.39 is 0 Å². The second-order valence-electron chi connectivity index (χ2n) is 9.29. The molecule has 0 atom stereocenters. The van der Waals surface area contributed by atoms with Gasteiger partial charge >= 0.3 is 0 Å². The highest BCUT2D eigenvalue weighted by atomic mass is 32.1. The molecule has 0 aliphatic rings. The molecule has 1 N–H and O–H groups in total. The Kier molecular flexibility index (Phi) is 28.6. The number of aliphatic hydroxyl groups is 1. The van der Waals surface area contributed by atoms with Gasteiger partial charge in [0.2, 0.25) is 0 Å². The summed E-state index contributed by atoms with van der Waals surface area (Å²) in [6.45, 7) is 0.373. The molecule has 0 bridgehead atoms. The molecule has 0 aromatic rings. The molecule has 0 rings (SSSR count). The van der Waals surface area contributed by atoms with Crippen molar-refractivity contribution in [1.82, 2.24) is 0 Å². The fourth-order valence-electron chi connectivity index (χ4n) is 4.29. The van der Waals surface area contributed by atoms with E-state index in [-0.39, 0.29) is 0 Å². The van der Waals surface area contributed by atoms with Gasteiger partial charge in [0.05, 0.1) is 0 Å². The van der Waals surface area contributed by atoms with E-state index in [2.05, 4.69) is 12.6 Å². The van der Waals surface area contributed by atoms with Crippen LogP contribution in [0.15, 0.2) is 0 Å². The van der Waals surface area contributed by atoms with Gasteiger partial charge in [-0.05, 0) is 18.6 Å². The third kappa shape index (κ3) is 28.3. The van der Waals surface area contributed by atoms with E-state index in [9.17, 15) is 0 Å². The normalized spacial score (nSPS) is 11.4. The molecule has 0 aromatic heterocycles. The van der Waals surface area contributed by atoms with Crippen molar-refractivity contribution in [1.29, 1.82) is 0 Å². The van der Waals surface area contributed by atoms with Gasteiger partial charge in [-0.3, -0.25) is 0 Å². The molecule has 1 nitrogen and oxygen atoms in total. The third-order valence-corrected chi connectivity index (χ3v) is 6.63. The monoisotopic (exact) mass is 428 g/mol. The summed E-state index contributed by atoms with van der Waals surface area (Å²) in [5, 5.41) is 8.75. The van der Waals surface area contributed by atoms with Crippen LogP contribution in [0.25, 0.3) is 0 Å². The Morgan fingerprint density at radius 2 is 0.448 bits per heavy atom. The van der Waals surface area contributed by atoms with E-state index in [4.69, 9.17) is 5.11 Å². The summed E-state index contributed by atoms with van der Waals surface area (Å²) in [5.74, 6) is 1.06. The second kappa shape index (κ2) is 28.3. The van der Waals surface area contributed by atoms with Gasteiger partial charge in [0.1, 0.15) is 0 Å². The first-order valence-corrected chi connectivity index (χ1v) is 14.3. The molecular weight excluding hydrogens is 372 g/mol. The molecule has 0 fully saturated rings. The minimum Gasteiger partial charge on any atom is -0.396 e. The van der Waals surface area contributed by atoms with Gasteiger partial charge < -0.3 is 5.11 Å². The minimum absolute atomic E-state index is 0.373. The third-order valence-electron chi connectivity index (χ3n) is 6.32. The molecule has 0 saturated carbocycles. The van der Waals surface area contributed by atoms with Crippen molar-refractivity contribution in [3.63, 3.8) is 0 Å². The molecule has 0 heterocycles. The van der Waals surface area contributed by atoms with Crippen molar-refractivity contribution in [3.8, 4) is 0 Å². The van der Waals surface area contributed by atoms with Crippen LogP contribution < -0.4 is 0 Å². The Hall–Kier alpha value is 0.310. The zero-order valence-electron chi connectivity index (χ0n) is 20.0. The number of thiol groups is 1. The lowest BCUT2D eigenvalue weighted by molar-refractivity contribution is 0.282. The zero-order chi connectivity index (χ0) is 21.1. The summed E-state index contributed by atoms with van der Waals surface area (Å²) >= 11 is 4.27. The quantitative estimate of drug-likeness (QED) is 0.104. The maximum absolute atomic E-state index is 8.75. The summed E-state index contributed by atoms with van der Waals surface area (Å²) in [4.78, 5) is 0. The lowest BCUT2D eigenvalue weighted by Gasteiger charge is -2.04. The van der Waals surface area contributed by atoms with Crippen LogP contribution in [0.3, 0.4) is 0 Å². The van der Waals surface area contributed by atoms with E-state index in [1.54, 1.807) is 0 Å². The number of rotatable bonds is 26. The average Bonchev–Trinajstić information content (AvgIpc) is 2.74. The van der Waals surface area contributed by atoms with Crippen LogP contribution >= 0.6 is 12.6 Å². The molecule has 0 spiro atoms. The van der Waals surface area contributed by atoms with Gasteiger partial charge in [0.15, 0.2) is 0 Å². The number of aliphatic hydroxyl groups excluding tert-OH is 1. The van der Waals surface area contributed by atoms with E-state index in [0.29, 0.717) is 6.61 Å². The molecule has 0 unspecified atom stereocenters. The molecule has 2 heteroatoms. The molecule has 0 radical (unpaired) electrons. The maximum atomic E-state index is 8.75. The van der Waals surface area contributed by atoms with Crippen LogP contribution in [0.2, 0.25) is 0 Å². The lowest BCUT2D eigenvalue weighted by atomic mass is 10.0. The van der Waals surface area contributed by atoms with Crippen molar-refractivity contribution in [2.75, 3.05) is 12.4 Å². The number of unbranched alkanes of at least 4 members (excludes halogenated alkanes) is 24. The molecule has 0 saturated heterocycles. The highest BCUT2D eigenvalue weighted by Crippen LogP contribution is 2.15. The highest BCUT2D eigenvalue weighted by Gasteiger charge is 1.96.